The van der Waals surface area contributed by atoms with Crippen LogP contribution in [0.25, 0.3) is 11.0 Å². The molecule has 166 valence electrons. The molecule has 1 N–H and O–H groups in total. The molecule has 1 saturated heterocycles. The van der Waals surface area contributed by atoms with E-state index in [1.54, 1.807) is 11.2 Å². The van der Waals surface area contributed by atoms with Crippen molar-refractivity contribution in [2.24, 2.45) is 4.99 Å². The van der Waals surface area contributed by atoms with Crippen molar-refractivity contribution in [1.29, 1.82) is 0 Å². The summed E-state index contributed by atoms with van der Waals surface area (Å²) >= 11 is 7.22. The lowest BCUT2D eigenvalue weighted by atomic mass is 10.0. The number of rotatable bonds is 5. The molecule has 1 aromatic heterocycles. The van der Waals surface area contributed by atoms with Crippen molar-refractivity contribution in [1.82, 2.24) is 9.97 Å². The minimum Gasteiger partial charge on any atom is -0.345 e. The number of hydrogen-bond acceptors (Lipinski definition) is 3. The molecular formula is C25H21Br2N5O. The summed E-state index contributed by atoms with van der Waals surface area (Å²) in [6.07, 6.45) is 2.54. The largest absolute Gasteiger partial charge is 0.345 e. The molecule has 1 atom stereocenters. The van der Waals surface area contributed by atoms with Gasteiger partial charge in [0.05, 0.1) is 23.0 Å². The van der Waals surface area contributed by atoms with E-state index in [-0.39, 0.29) is 6.03 Å². The summed E-state index contributed by atoms with van der Waals surface area (Å²) in [5, 5.41) is 0. The fourth-order valence-corrected chi connectivity index (χ4v) is 5.45. The number of nitrogens with zero attached hydrogens (tertiary/aromatic N) is 4. The standard InChI is InChI=1S/C25H21Br2N5O/c1-2-10-28-24-23(16-11-17(26)13-18(27)12-16)31(20-8-9-21-22(14-20)30-15-29-21)25(33)32(24)19-6-4-3-5-7-19/h3-9,11-15,23H,2,10H2,1H3,(H,29,30). The van der Waals surface area contributed by atoms with E-state index >= 15 is 0 Å². The number of carbonyl (C=O) groups excluding carboxylic acids is 1. The van der Waals surface area contributed by atoms with E-state index in [0.717, 1.165) is 43.3 Å². The maximum Gasteiger partial charge on any atom is 0.335 e. The highest BCUT2D eigenvalue weighted by atomic mass is 79.9. The van der Waals surface area contributed by atoms with Gasteiger partial charge < -0.3 is 4.98 Å². The molecule has 0 saturated carbocycles. The van der Waals surface area contributed by atoms with Gasteiger partial charge in [0.2, 0.25) is 0 Å². The minimum atomic E-state index is -0.394. The molecular weight excluding hydrogens is 546 g/mol. The van der Waals surface area contributed by atoms with E-state index in [0.29, 0.717) is 12.4 Å². The smallest absolute Gasteiger partial charge is 0.335 e. The third-order valence-electron chi connectivity index (χ3n) is 5.52. The Hall–Kier alpha value is -2.97. The van der Waals surface area contributed by atoms with Crippen LogP contribution in [0.4, 0.5) is 16.2 Å². The van der Waals surface area contributed by atoms with Crippen LogP contribution in [0.5, 0.6) is 0 Å². The molecule has 0 radical (unpaired) electrons. The number of H-pyrrole nitrogens is 1. The summed E-state index contributed by atoms with van der Waals surface area (Å²) < 4.78 is 1.85. The summed E-state index contributed by atoms with van der Waals surface area (Å²) in [5.41, 5.74) is 4.25. The van der Waals surface area contributed by atoms with Crippen LogP contribution in [0.3, 0.4) is 0 Å². The number of carbonyl (C=O) groups is 1. The Labute approximate surface area is 208 Å². The maximum absolute atomic E-state index is 14.0. The maximum atomic E-state index is 14.0. The second kappa shape index (κ2) is 9.11. The van der Waals surface area contributed by atoms with Crippen LogP contribution in [-0.2, 0) is 0 Å². The highest BCUT2D eigenvalue weighted by molar-refractivity contribution is 9.11. The highest BCUT2D eigenvalue weighted by Gasteiger charge is 2.46. The van der Waals surface area contributed by atoms with Gasteiger partial charge in [0.25, 0.3) is 0 Å². The number of urea groups is 1. The van der Waals surface area contributed by atoms with Crippen molar-refractivity contribution in [3.63, 3.8) is 0 Å². The Kier molecular flexibility index (Phi) is 6.03. The number of aliphatic imine (C=N–C) groups is 1. The van der Waals surface area contributed by atoms with Crippen molar-refractivity contribution in [2.45, 2.75) is 19.4 Å². The number of aromatic amines is 1. The minimum absolute atomic E-state index is 0.146. The van der Waals surface area contributed by atoms with Gasteiger partial charge in [-0.1, -0.05) is 57.0 Å². The van der Waals surface area contributed by atoms with Crippen LogP contribution < -0.4 is 9.80 Å². The zero-order valence-corrected chi connectivity index (χ0v) is 21.0. The number of fused-ring (bicyclic) bond motifs is 1. The Balaban J connectivity index is 1.74. The van der Waals surface area contributed by atoms with Crippen molar-refractivity contribution in [3.8, 4) is 0 Å². The molecule has 33 heavy (non-hydrogen) atoms. The number of imidazole rings is 1. The van der Waals surface area contributed by atoms with Gasteiger partial charge in [-0.05, 0) is 60.5 Å². The van der Waals surface area contributed by atoms with Gasteiger partial charge in [-0.15, -0.1) is 0 Å². The fourth-order valence-electron chi connectivity index (χ4n) is 4.12. The second-order valence-corrected chi connectivity index (χ2v) is 9.60. The lowest BCUT2D eigenvalue weighted by molar-refractivity contribution is 0.255. The molecule has 1 fully saturated rings. The first-order valence-corrected chi connectivity index (χ1v) is 12.3. The topological polar surface area (TPSA) is 64.6 Å². The second-order valence-electron chi connectivity index (χ2n) is 7.77. The molecule has 4 aromatic rings. The van der Waals surface area contributed by atoms with Gasteiger partial charge in [0.15, 0.2) is 0 Å². The van der Waals surface area contributed by atoms with Gasteiger partial charge >= 0.3 is 6.03 Å². The van der Waals surface area contributed by atoms with E-state index in [1.807, 2.05) is 71.6 Å². The lowest BCUT2D eigenvalue weighted by Gasteiger charge is -2.24. The number of amidine groups is 1. The fraction of sp³-hybridized carbons (Fsp3) is 0.160. The van der Waals surface area contributed by atoms with Crippen molar-refractivity contribution < 1.29 is 4.79 Å². The molecule has 1 aliphatic rings. The number of anilines is 2. The molecule has 2 amide bonds. The van der Waals surface area contributed by atoms with E-state index in [1.165, 1.54) is 0 Å². The van der Waals surface area contributed by atoms with Crippen LogP contribution in [0.2, 0.25) is 0 Å². The zero-order chi connectivity index (χ0) is 22.9. The van der Waals surface area contributed by atoms with E-state index in [2.05, 4.69) is 48.8 Å². The number of halogens is 2. The van der Waals surface area contributed by atoms with Gasteiger partial charge in [0, 0.05) is 21.2 Å². The number of hydrogen-bond donors (Lipinski definition) is 1. The third-order valence-corrected chi connectivity index (χ3v) is 6.44. The summed E-state index contributed by atoms with van der Waals surface area (Å²) in [4.78, 5) is 30.0. The molecule has 5 rings (SSSR count). The molecule has 0 aliphatic carbocycles. The van der Waals surface area contributed by atoms with Crippen molar-refractivity contribution >= 4 is 66.1 Å². The Morgan fingerprint density at radius 1 is 1.00 bits per heavy atom. The zero-order valence-electron chi connectivity index (χ0n) is 17.9. The van der Waals surface area contributed by atoms with Crippen LogP contribution in [0, 0.1) is 0 Å². The first-order valence-electron chi connectivity index (χ1n) is 10.7. The molecule has 0 spiro atoms. The summed E-state index contributed by atoms with van der Waals surface area (Å²) in [6.45, 7) is 2.71. The summed E-state index contributed by atoms with van der Waals surface area (Å²) in [7, 11) is 0. The molecule has 3 aromatic carbocycles. The van der Waals surface area contributed by atoms with Gasteiger partial charge in [-0.2, -0.15) is 0 Å². The monoisotopic (exact) mass is 565 g/mol. The molecule has 6 nitrogen and oxygen atoms in total. The first-order chi connectivity index (χ1) is 16.1. The molecule has 1 unspecified atom stereocenters. The number of benzene rings is 3. The number of nitrogens with one attached hydrogen (secondary N) is 1. The average Bonchev–Trinajstić information content (AvgIpc) is 3.39. The third kappa shape index (κ3) is 4.09. The number of aromatic nitrogens is 2. The first kappa shape index (κ1) is 21.9. The van der Waals surface area contributed by atoms with Crippen molar-refractivity contribution in [3.05, 3.63) is 87.6 Å². The molecule has 1 aliphatic heterocycles. The van der Waals surface area contributed by atoms with Gasteiger partial charge in [-0.3, -0.25) is 9.89 Å². The van der Waals surface area contributed by atoms with Crippen LogP contribution in [-0.4, -0.2) is 28.4 Å². The normalized spacial score (nSPS) is 17.5. The summed E-state index contributed by atoms with van der Waals surface area (Å²) in [5.74, 6) is 0.708. The van der Waals surface area contributed by atoms with E-state index in [9.17, 15) is 4.79 Å². The SMILES string of the molecule is CCCN=C1C(c2cc(Br)cc(Br)c2)N(c2ccc3[nH]cnc3c2)C(=O)N1c1ccccc1. The van der Waals surface area contributed by atoms with E-state index < -0.39 is 6.04 Å². The number of para-hydroxylation sites is 1. The predicted octanol–water partition coefficient (Wildman–Crippen LogP) is 7.08. The quantitative estimate of drug-likeness (QED) is 0.280. The Bertz CT molecular complexity index is 1330. The van der Waals surface area contributed by atoms with E-state index in [4.69, 9.17) is 4.99 Å². The van der Waals surface area contributed by atoms with Gasteiger partial charge in [-0.25, -0.2) is 14.7 Å². The summed E-state index contributed by atoms with van der Waals surface area (Å²) in [6, 6.07) is 21.1. The van der Waals surface area contributed by atoms with Crippen LogP contribution in [0.15, 0.2) is 87.0 Å². The Morgan fingerprint density at radius 3 is 2.48 bits per heavy atom. The predicted molar refractivity (Wildman–Crippen MR) is 140 cm³/mol. The molecule has 0 bridgehead atoms. The highest BCUT2D eigenvalue weighted by Crippen LogP contribution is 2.40. The Morgan fingerprint density at radius 2 is 1.76 bits per heavy atom. The lowest BCUT2D eigenvalue weighted by Crippen LogP contribution is -2.33. The molecule has 2 heterocycles. The van der Waals surface area contributed by atoms with Crippen molar-refractivity contribution in [2.75, 3.05) is 16.3 Å². The average molecular weight is 567 g/mol. The number of amides is 2. The van der Waals surface area contributed by atoms with Crippen LogP contribution in [0.1, 0.15) is 24.9 Å². The van der Waals surface area contributed by atoms with Crippen LogP contribution >= 0.6 is 31.9 Å². The van der Waals surface area contributed by atoms with Gasteiger partial charge in [0.1, 0.15) is 11.9 Å². The molecule has 8 heteroatoms.